The number of methoxy groups -OCH3 is 2. The van der Waals surface area contributed by atoms with Crippen LogP contribution in [0.1, 0.15) is 0 Å². The van der Waals surface area contributed by atoms with Gasteiger partial charge in [0, 0.05) is 50.5 Å². The summed E-state index contributed by atoms with van der Waals surface area (Å²) in [5, 5.41) is 14.3. The number of aryl methyl sites for hydroxylation is 1. The SMILES string of the molecule is COc1ccc(OC)c(S(=O)(=O)N2CCN(C(=O)Nc3cccc(-c4nnnn4C)c3)CC2)c1. The molecule has 180 valence electrons. The molecule has 0 aliphatic carbocycles. The maximum Gasteiger partial charge on any atom is 0.321 e. The first-order chi connectivity index (χ1) is 16.3. The topological polar surface area (TPSA) is 132 Å². The van der Waals surface area contributed by atoms with E-state index in [2.05, 4.69) is 20.8 Å². The minimum atomic E-state index is -3.83. The van der Waals surface area contributed by atoms with Gasteiger partial charge in [-0.3, -0.25) is 0 Å². The second kappa shape index (κ2) is 9.65. The van der Waals surface area contributed by atoms with Crippen molar-refractivity contribution in [3.05, 3.63) is 42.5 Å². The van der Waals surface area contributed by atoms with Crippen LogP contribution in [0.5, 0.6) is 11.5 Å². The Hall–Kier alpha value is -3.71. The molecule has 4 rings (SSSR count). The summed E-state index contributed by atoms with van der Waals surface area (Å²) < 4.78 is 39.8. The van der Waals surface area contributed by atoms with E-state index in [1.807, 2.05) is 6.07 Å². The summed E-state index contributed by atoms with van der Waals surface area (Å²) in [7, 11) is 0.783. The van der Waals surface area contributed by atoms with Gasteiger partial charge in [-0.25, -0.2) is 17.9 Å². The highest BCUT2D eigenvalue weighted by atomic mass is 32.2. The van der Waals surface area contributed by atoms with Crippen LogP contribution in [-0.4, -0.2) is 84.3 Å². The van der Waals surface area contributed by atoms with Gasteiger partial charge in [0.1, 0.15) is 16.4 Å². The van der Waals surface area contributed by atoms with Crippen molar-refractivity contribution in [2.75, 3.05) is 45.7 Å². The molecule has 34 heavy (non-hydrogen) atoms. The molecule has 2 heterocycles. The lowest BCUT2D eigenvalue weighted by atomic mass is 10.2. The Kier molecular flexibility index (Phi) is 6.65. The Morgan fingerprint density at radius 3 is 2.44 bits per heavy atom. The summed E-state index contributed by atoms with van der Waals surface area (Å²) >= 11 is 0. The molecule has 1 N–H and O–H groups in total. The number of carbonyl (C=O) groups is 1. The van der Waals surface area contributed by atoms with Crippen molar-refractivity contribution in [2.45, 2.75) is 4.90 Å². The molecule has 0 atom stereocenters. The summed E-state index contributed by atoms with van der Waals surface area (Å²) in [6.45, 7) is 0.788. The molecule has 1 saturated heterocycles. The van der Waals surface area contributed by atoms with E-state index in [4.69, 9.17) is 9.47 Å². The zero-order valence-electron chi connectivity index (χ0n) is 19.0. The highest BCUT2D eigenvalue weighted by Crippen LogP contribution is 2.31. The predicted octanol–water partition coefficient (Wildman–Crippen LogP) is 1.43. The largest absolute Gasteiger partial charge is 0.497 e. The van der Waals surface area contributed by atoms with Crippen molar-refractivity contribution < 1.29 is 22.7 Å². The molecule has 1 aromatic heterocycles. The molecule has 0 radical (unpaired) electrons. The molecule has 1 fully saturated rings. The Bertz CT molecular complexity index is 1290. The summed E-state index contributed by atoms with van der Waals surface area (Å²) in [6.07, 6.45) is 0. The summed E-state index contributed by atoms with van der Waals surface area (Å²) in [6, 6.07) is 11.5. The van der Waals surface area contributed by atoms with Gasteiger partial charge in [-0.2, -0.15) is 4.31 Å². The molecule has 1 aliphatic heterocycles. The Morgan fingerprint density at radius 2 is 1.79 bits per heavy atom. The number of piperazine rings is 1. The Balaban J connectivity index is 1.42. The van der Waals surface area contributed by atoms with Gasteiger partial charge in [0.15, 0.2) is 5.82 Å². The Morgan fingerprint density at radius 1 is 1.03 bits per heavy atom. The zero-order valence-corrected chi connectivity index (χ0v) is 19.8. The zero-order chi connectivity index (χ0) is 24.3. The van der Waals surface area contributed by atoms with E-state index in [1.54, 1.807) is 42.3 Å². The number of anilines is 1. The van der Waals surface area contributed by atoms with Gasteiger partial charge in [0.2, 0.25) is 10.0 Å². The van der Waals surface area contributed by atoms with Gasteiger partial charge in [-0.05, 0) is 34.7 Å². The lowest BCUT2D eigenvalue weighted by molar-refractivity contribution is 0.184. The molecule has 3 aromatic rings. The van der Waals surface area contributed by atoms with E-state index in [0.717, 1.165) is 5.56 Å². The molecule has 0 saturated carbocycles. The third-order valence-electron chi connectivity index (χ3n) is 5.51. The van der Waals surface area contributed by atoms with Gasteiger partial charge in [-0.15, -0.1) is 5.10 Å². The summed E-state index contributed by atoms with van der Waals surface area (Å²) in [4.78, 5) is 14.4. The highest BCUT2D eigenvalue weighted by molar-refractivity contribution is 7.89. The van der Waals surface area contributed by atoms with Crippen LogP contribution >= 0.6 is 0 Å². The number of nitrogens with zero attached hydrogens (tertiary/aromatic N) is 6. The quantitative estimate of drug-likeness (QED) is 0.552. The molecule has 2 aromatic carbocycles. The smallest absolute Gasteiger partial charge is 0.321 e. The summed E-state index contributed by atoms with van der Waals surface area (Å²) in [5.74, 6) is 1.22. The monoisotopic (exact) mass is 487 g/mol. The number of amides is 2. The lowest BCUT2D eigenvalue weighted by Crippen LogP contribution is -2.51. The average molecular weight is 488 g/mol. The van der Waals surface area contributed by atoms with E-state index in [-0.39, 0.29) is 42.9 Å². The van der Waals surface area contributed by atoms with Crippen LogP contribution in [0.2, 0.25) is 0 Å². The number of nitrogens with one attached hydrogen (secondary N) is 1. The number of urea groups is 1. The molecule has 0 bridgehead atoms. The molecule has 0 unspecified atom stereocenters. The second-order valence-corrected chi connectivity index (χ2v) is 9.45. The van der Waals surface area contributed by atoms with E-state index >= 15 is 0 Å². The molecular formula is C21H25N7O5S. The minimum Gasteiger partial charge on any atom is -0.497 e. The van der Waals surface area contributed by atoms with Crippen LogP contribution in [0.25, 0.3) is 11.4 Å². The number of sulfonamides is 1. The van der Waals surface area contributed by atoms with Crippen molar-refractivity contribution in [1.82, 2.24) is 29.4 Å². The standard InChI is InChI=1S/C21H25N7O5S/c1-26-20(23-24-25-26)15-5-4-6-16(13-15)22-21(29)27-9-11-28(12-10-27)34(30,31)19-14-17(32-2)7-8-18(19)33-3/h4-8,13-14H,9-12H2,1-3H3,(H,22,29). The fourth-order valence-electron chi connectivity index (χ4n) is 3.67. The van der Waals surface area contributed by atoms with Crippen molar-refractivity contribution >= 4 is 21.7 Å². The van der Waals surface area contributed by atoms with E-state index in [0.29, 0.717) is 17.3 Å². The van der Waals surface area contributed by atoms with E-state index in [1.165, 1.54) is 29.3 Å². The molecular weight excluding hydrogens is 462 g/mol. The first-order valence-electron chi connectivity index (χ1n) is 10.4. The molecule has 2 amide bonds. The van der Waals surface area contributed by atoms with Gasteiger partial charge in [0.25, 0.3) is 0 Å². The van der Waals surface area contributed by atoms with Crippen LogP contribution in [0.15, 0.2) is 47.4 Å². The molecule has 13 heteroatoms. The molecule has 1 aliphatic rings. The number of benzene rings is 2. The first-order valence-corrected chi connectivity index (χ1v) is 11.9. The second-order valence-electron chi connectivity index (χ2n) is 7.54. The first kappa shape index (κ1) is 23.4. The van der Waals surface area contributed by atoms with Crippen molar-refractivity contribution in [2.24, 2.45) is 7.05 Å². The predicted molar refractivity (Wildman–Crippen MR) is 123 cm³/mol. The maximum absolute atomic E-state index is 13.2. The van der Waals surface area contributed by atoms with Gasteiger partial charge >= 0.3 is 6.03 Å². The van der Waals surface area contributed by atoms with E-state index in [9.17, 15) is 13.2 Å². The van der Waals surface area contributed by atoms with Crippen LogP contribution in [-0.2, 0) is 17.1 Å². The van der Waals surface area contributed by atoms with Crippen LogP contribution in [0.3, 0.4) is 0 Å². The summed E-state index contributed by atoms with van der Waals surface area (Å²) in [5.41, 5.74) is 1.34. The molecule has 12 nitrogen and oxygen atoms in total. The number of ether oxygens (including phenoxy) is 2. The highest BCUT2D eigenvalue weighted by Gasteiger charge is 2.32. The minimum absolute atomic E-state index is 0.0299. The van der Waals surface area contributed by atoms with Crippen LogP contribution < -0.4 is 14.8 Å². The van der Waals surface area contributed by atoms with Gasteiger partial charge < -0.3 is 19.7 Å². The fraction of sp³-hybridized carbons (Fsp3) is 0.333. The van der Waals surface area contributed by atoms with Crippen LogP contribution in [0, 0.1) is 0 Å². The third-order valence-corrected chi connectivity index (χ3v) is 7.43. The van der Waals surface area contributed by atoms with Crippen molar-refractivity contribution in [3.8, 4) is 22.9 Å². The van der Waals surface area contributed by atoms with Crippen LogP contribution in [0.4, 0.5) is 10.5 Å². The third kappa shape index (κ3) is 4.65. The number of carbonyl (C=O) groups excluding carboxylic acids is 1. The van der Waals surface area contributed by atoms with Gasteiger partial charge in [-0.1, -0.05) is 12.1 Å². The number of tetrazole rings is 1. The average Bonchev–Trinajstić information content (AvgIpc) is 3.29. The maximum atomic E-state index is 13.2. The normalized spacial score (nSPS) is 14.6. The number of hydrogen-bond donors (Lipinski definition) is 1. The van der Waals surface area contributed by atoms with Crippen molar-refractivity contribution in [3.63, 3.8) is 0 Å². The number of hydrogen-bond acceptors (Lipinski definition) is 8. The Labute approximate surface area is 197 Å². The molecule has 0 spiro atoms. The van der Waals surface area contributed by atoms with Gasteiger partial charge in [0.05, 0.1) is 14.2 Å². The lowest BCUT2D eigenvalue weighted by Gasteiger charge is -2.34. The fourth-order valence-corrected chi connectivity index (χ4v) is 5.26. The van der Waals surface area contributed by atoms with E-state index < -0.39 is 10.0 Å². The van der Waals surface area contributed by atoms with Crippen molar-refractivity contribution in [1.29, 1.82) is 0 Å². The number of aromatic nitrogens is 4. The number of rotatable bonds is 6.